The van der Waals surface area contributed by atoms with Gasteiger partial charge in [0.2, 0.25) is 5.88 Å². The van der Waals surface area contributed by atoms with Crippen molar-refractivity contribution in [1.82, 2.24) is 19.6 Å². The van der Waals surface area contributed by atoms with Gasteiger partial charge in [-0.05, 0) is 21.7 Å². The van der Waals surface area contributed by atoms with Crippen LogP contribution in [0.2, 0.25) is 0 Å². The smallest absolute Gasteiger partial charge is 0.228 e. The van der Waals surface area contributed by atoms with Gasteiger partial charge in [0.05, 0.1) is 5.56 Å². The van der Waals surface area contributed by atoms with Gasteiger partial charge >= 0.3 is 0 Å². The number of ether oxygens (including phenoxy) is 1. The number of fused-ring (bicyclic) bond motifs is 7. The zero-order valence-electron chi connectivity index (χ0n) is 19.7. The maximum Gasteiger partial charge on any atom is 0.228 e. The highest BCUT2D eigenvalue weighted by Gasteiger charge is 2.34. The third-order valence-electron chi connectivity index (χ3n) is 7.26. The highest BCUT2D eigenvalue weighted by atomic mass is 16.5. The summed E-state index contributed by atoms with van der Waals surface area (Å²) in [4.78, 5) is 9.83. The van der Waals surface area contributed by atoms with Gasteiger partial charge in [0, 0.05) is 22.4 Å². The predicted molar refractivity (Wildman–Crippen MR) is 145 cm³/mol. The SMILES string of the molecule is c1ccc(C2c3ccc4ccccc4c3Oc3ncn4nc(-c5cccc6ccccc56)nc4c32)cc1. The molecule has 5 heteroatoms. The van der Waals surface area contributed by atoms with E-state index < -0.39 is 0 Å². The molecule has 174 valence electrons. The van der Waals surface area contributed by atoms with Crippen LogP contribution in [0.25, 0.3) is 38.6 Å². The predicted octanol–water partition coefficient (Wildman–Crippen LogP) is 7.38. The second kappa shape index (κ2) is 7.73. The molecule has 3 heterocycles. The number of hydrogen-bond donors (Lipinski definition) is 0. The zero-order valence-corrected chi connectivity index (χ0v) is 19.7. The monoisotopic (exact) mass is 476 g/mol. The maximum atomic E-state index is 6.54. The molecule has 8 rings (SSSR count). The van der Waals surface area contributed by atoms with E-state index in [-0.39, 0.29) is 5.92 Å². The average molecular weight is 477 g/mol. The Balaban J connectivity index is 1.41. The largest absolute Gasteiger partial charge is 0.438 e. The molecule has 0 bridgehead atoms. The van der Waals surface area contributed by atoms with Crippen molar-refractivity contribution < 1.29 is 4.74 Å². The van der Waals surface area contributed by atoms with Crippen LogP contribution in [0.1, 0.15) is 22.6 Å². The van der Waals surface area contributed by atoms with E-state index in [2.05, 4.69) is 72.8 Å². The summed E-state index contributed by atoms with van der Waals surface area (Å²) in [5.41, 5.74) is 4.93. The van der Waals surface area contributed by atoms with Gasteiger partial charge in [0.1, 0.15) is 12.1 Å². The van der Waals surface area contributed by atoms with Crippen molar-refractivity contribution in [2.24, 2.45) is 0 Å². The second-order valence-electron chi connectivity index (χ2n) is 9.34. The first-order valence-electron chi connectivity index (χ1n) is 12.3. The van der Waals surface area contributed by atoms with Crippen molar-refractivity contribution in [3.63, 3.8) is 0 Å². The van der Waals surface area contributed by atoms with Crippen LogP contribution in [-0.2, 0) is 0 Å². The highest BCUT2D eigenvalue weighted by Crippen LogP contribution is 2.50. The third kappa shape index (κ3) is 3.01. The lowest BCUT2D eigenvalue weighted by Gasteiger charge is -2.28. The summed E-state index contributed by atoms with van der Waals surface area (Å²) >= 11 is 0. The lowest BCUT2D eigenvalue weighted by molar-refractivity contribution is 0.437. The molecule has 5 aromatic carbocycles. The van der Waals surface area contributed by atoms with Gasteiger partial charge in [-0.2, -0.15) is 0 Å². The quantitative estimate of drug-likeness (QED) is 0.261. The van der Waals surface area contributed by atoms with Gasteiger partial charge in [-0.1, -0.05) is 109 Å². The van der Waals surface area contributed by atoms with E-state index in [9.17, 15) is 0 Å². The molecule has 1 atom stereocenters. The first-order chi connectivity index (χ1) is 18.3. The van der Waals surface area contributed by atoms with Crippen LogP contribution in [0.4, 0.5) is 0 Å². The van der Waals surface area contributed by atoms with E-state index in [1.165, 1.54) is 0 Å². The van der Waals surface area contributed by atoms with E-state index in [0.717, 1.165) is 55.2 Å². The van der Waals surface area contributed by atoms with E-state index in [1.807, 2.05) is 36.4 Å². The fourth-order valence-electron chi connectivity index (χ4n) is 5.57. The molecule has 1 aliphatic rings. The molecule has 5 nitrogen and oxygen atoms in total. The van der Waals surface area contributed by atoms with Crippen LogP contribution in [0.3, 0.4) is 0 Å². The van der Waals surface area contributed by atoms with Gasteiger partial charge in [-0.15, -0.1) is 5.10 Å². The van der Waals surface area contributed by atoms with Crippen molar-refractivity contribution in [2.75, 3.05) is 0 Å². The van der Waals surface area contributed by atoms with Gasteiger partial charge in [-0.3, -0.25) is 0 Å². The van der Waals surface area contributed by atoms with E-state index in [4.69, 9.17) is 19.8 Å². The second-order valence-corrected chi connectivity index (χ2v) is 9.34. The number of rotatable bonds is 2. The number of nitrogens with zero attached hydrogens (tertiary/aromatic N) is 4. The molecule has 0 saturated heterocycles. The molecular formula is C32H20N4O. The summed E-state index contributed by atoms with van der Waals surface area (Å²) in [6.07, 6.45) is 1.70. The maximum absolute atomic E-state index is 6.54. The number of benzene rings is 5. The number of hydrogen-bond acceptors (Lipinski definition) is 4. The van der Waals surface area contributed by atoms with Gasteiger partial charge < -0.3 is 4.74 Å². The van der Waals surface area contributed by atoms with Crippen LogP contribution in [-0.4, -0.2) is 19.6 Å². The summed E-state index contributed by atoms with van der Waals surface area (Å²) in [6, 6.07) is 37.7. The lowest BCUT2D eigenvalue weighted by atomic mass is 9.83. The van der Waals surface area contributed by atoms with Crippen LogP contribution in [0.5, 0.6) is 11.6 Å². The zero-order chi connectivity index (χ0) is 24.3. The molecule has 0 fully saturated rings. The fourth-order valence-corrected chi connectivity index (χ4v) is 5.57. The van der Waals surface area contributed by atoms with Crippen molar-refractivity contribution >= 4 is 27.2 Å². The van der Waals surface area contributed by atoms with Gasteiger partial charge in [0.15, 0.2) is 11.5 Å². The summed E-state index contributed by atoms with van der Waals surface area (Å²) in [5.74, 6) is 2.00. The Morgan fingerprint density at radius 3 is 2.27 bits per heavy atom. The molecule has 0 aliphatic carbocycles. The van der Waals surface area contributed by atoms with Crippen LogP contribution in [0, 0.1) is 0 Å². The Labute approximate surface area is 212 Å². The van der Waals surface area contributed by atoms with Crippen molar-refractivity contribution in [3.05, 3.63) is 132 Å². The minimum absolute atomic E-state index is 0.0923. The van der Waals surface area contributed by atoms with Crippen molar-refractivity contribution in [1.29, 1.82) is 0 Å². The summed E-state index contributed by atoms with van der Waals surface area (Å²) < 4.78 is 8.32. The minimum Gasteiger partial charge on any atom is -0.438 e. The Bertz CT molecular complexity index is 1970. The van der Waals surface area contributed by atoms with Crippen LogP contribution >= 0.6 is 0 Å². The first kappa shape index (κ1) is 20.2. The Kier molecular flexibility index (Phi) is 4.22. The molecule has 0 N–H and O–H groups in total. The van der Waals surface area contributed by atoms with E-state index >= 15 is 0 Å². The first-order valence-corrected chi connectivity index (χ1v) is 12.3. The van der Waals surface area contributed by atoms with E-state index in [0.29, 0.717) is 11.7 Å². The van der Waals surface area contributed by atoms with Crippen LogP contribution in [0.15, 0.2) is 116 Å². The van der Waals surface area contributed by atoms with Gasteiger partial charge in [0.25, 0.3) is 0 Å². The summed E-state index contributed by atoms with van der Waals surface area (Å²) in [5, 5.41) is 9.35. The minimum atomic E-state index is -0.0923. The molecule has 37 heavy (non-hydrogen) atoms. The molecular weight excluding hydrogens is 456 g/mol. The third-order valence-corrected chi connectivity index (χ3v) is 7.26. The average Bonchev–Trinajstić information content (AvgIpc) is 3.40. The Morgan fingerprint density at radius 1 is 0.676 bits per heavy atom. The summed E-state index contributed by atoms with van der Waals surface area (Å²) in [7, 11) is 0. The fraction of sp³-hybridized carbons (Fsp3) is 0.0312. The van der Waals surface area contributed by atoms with Gasteiger partial charge in [-0.25, -0.2) is 14.5 Å². The molecule has 2 aromatic heterocycles. The Morgan fingerprint density at radius 2 is 1.41 bits per heavy atom. The molecule has 7 aromatic rings. The summed E-state index contributed by atoms with van der Waals surface area (Å²) in [6.45, 7) is 0. The molecule has 0 radical (unpaired) electrons. The molecule has 1 aliphatic heterocycles. The Hall–Kier alpha value is -5.03. The van der Waals surface area contributed by atoms with Crippen molar-refractivity contribution in [3.8, 4) is 23.0 Å². The normalized spacial score (nSPS) is 14.4. The molecule has 0 amide bonds. The molecule has 1 unspecified atom stereocenters. The highest BCUT2D eigenvalue weighted by molar-refractivity contribution is 5.95. The molecule has 0 saturated carbocycles. The van der Waals surface area contributed by atoms with E-state index in [1.54, 1.807) is 10.8 Å². The lowest BCUT2D eigenvalue weighted by Crippen LogP contribution is -2.15. The standard InChI is InChI=1S/C32H20N4O/c1-2-11-22(12-3-1)27-26-18-17-21-10-5-7-15-24(21)29(26)37-32-28(27)31-34-30(35-36(31)19-33-32)25-16-8-13-20-9-4-6-14-23(20)25/h1-19,27H. The van der Waals surface area contributed by atoms with Crippen molar-refractivity contribution in [2.45, 2.75) is 5.92 Å². The number of aromatic nitrogens is 4. The molecule has 0 spiro atoms. The van der Waals surface area contributed by atoms with Crippen LogP contribution < -0.4 is 4.74 Å². The topological polar surface area (TPSA) is 52.3 Å².